The first kappa shape index (κ1) is 21.4. The lowest BCUT2D eigenvalue weighted by atomic mass is 10.3. The first-order valence-electron chi connectivity index (χ1n) is 8.92. The van der Waals surface area contributed by atoms with Crippen molar-refractivity contribution in [3.8, 4) is 0 Å². The number of aryl methyl sites for hydroxylation is 1. The Kier molecular flexibility index (Phi) is 6.63. The van der Waals surface area contributed by atoms with Crippen molar-refractivity contribution in [3.63, 3.8) is 0 Å². The molecule has 1 fully saturated rings. The first-order valence-corrected chi connectivity index (χ1v) is 11.2. The number of nitrogens with one attached hydrogen (secondary N) is 1. The lowest BCUT2D eigenvalue weighted by Gasteiger charge is -2.26. The average Bonchev–Trinajstić information content (AvgIpc) is 3.18. The van der Waals surface area contributed by atoms with Crippen LogP contribution in [0.15, 0.2) is 34.7 Å². The van der Waals surface area contributed by atoms with Crippen LogP contribution in [0.25, 0.3) is 0 Å². The van der Waals surface area contributed by atoms with Crippen LogP contribution in [0.4, 0.5) is 5.82 Å². The molecule has 9 nitrogen and oxygen atoms in total. The summed E-state index contributed by atoms with van der Waals surface area (Å²) in [6.07, 6.45) is 1.58. The molecule has 0 unspecified atom stereocenters. The number of ether oxygens (including phenoxy) is 1. The van der Waals surface area contributed by atoms with Crippen LogP contribution in [0.5, 0.6) is 0 Å². The molecule has 1 saturated heterocycles. The maximum Gasteiger partial charge on any atom is 0.265 e. The summed E-state index contributed by atoms with van der Waals surface area (Å²) in [5, 5.41) is 4.19. The van der Waals surface area contributed by atoms with Gasteiger partial charge in [-0.05, 0) is 36.1 Å². The monoisotopic (exact) mass is 438 g/mol. The predicted octanol–water partition coefficient (Wildman–Crippen LogP) is 1.18. The Morgan fingerprint density at radius 3 is 2.72 bits per heavy atom. The van der Waals surface area contributed by atoms with Crippen LogP contribution in [-0.2, 0) is 19.6 Å². The number of hydrogen-bond donors (Lipinski definition) is 1. The van der Waals surface area contributed by atoms with Crippen molar-refractivity contribution in [2.75, 3.05) is 45.2 Å². The van der Waals surface area contributed by atoms with Gasteiger partial charge in [0.05, 0.1) is 19.8 Å². The van der Waals surface area contributed by atoms with Gasteiger partial charge in [-0.2, -0.15) is 4.31 Å². The molecule has 2 aromatic rings. The number of carbonyl (C=O) groups excluding carboxylic acids is 2. The molecular formula is C18H22N4O5S2. The van der Waals surface area contributed by atoms with Crippen LogP contribution in [0.3, 0.4) is 0 Å². The van der Waals surface area contributed by atoms with Gasteiger partial charge in [0.1, 0.15) is 15.6 Å². The lowest BCUT2D eigenvalue weighted by molar-refractivity contribution is -0.116. The van der Waals surface area contributed by atoms with E-state index in [0.29, 0.717) is 19.0 Å². The number of anilines is 1. The zero-order valence-electron chi connectivity index (χ0n) is 16.1. The van der Waals surface area contributed by atoms with Crippen molar-refractivity contribution in [2.45, 2.75) is 11.8 Å². The highest BCUT2D eigenvalue weighted by atomic mass is 32.2. The van der Waals surface area contributed by atoms with Crippen molar-refractivity contribution >= 4 is 39.0 Å². The minimum absolute atomic E-state index is 0.0398. The summed E-state index contributed by atoms with van der Waals surface area (Å²) < 4.78 is 32.3. The second kappa shape index (κ2) is 8.99. The van der Waals surface area contributed by atoms with Gasteiger partial charge >= 0.3 is 0 Å². The van der Waals surface area contributed by atoms with Gasteiger partial charge in [-0.3, -0.25) is 9.59 Å². The molecule has 3 rings (SSSR count). The van der Waals surface area contributed by atoms with E-state index in [4.69, 9.17) is 4.74 Å². The molecule has 11 heteroatoms. The summed E-state index contributed by atoms with van der Waals surface area (Å²) in [7, 11) is -2.35. The maximum absolute atomic E-state index is 12.9. The highest BCUT2D eigenvalue weighted by molar-refractivity contribution is 7.89. The molecule has 0 atom stereocenters. The fraction of sp³-hybridized carbons (Fsp3) is 0.389. The fourth-order valence-electron chi connectivity index (χ4n) is 2.83. The third-order valence-electron chi connectivity index (χ3n) is 4.32. The van der Waals surface area contributed by atoms with E-state index >= 15 is 0 Å². The molecule has 3 heterocycles. The molecule has 0 aliphatic carbocycles. The zero-order chi connectivity index (χ0) is 21.0. The number of nitrogens with zero attached hydrogens (tertiary/aromatic N) is 3. The van der Waals surface area contributed by atoms with Crippen LogP contribution in [0.1, 0.15) is 15.2 Å². The molecule has 0 bridgehead atoms. The summed E-state index contributed by atoms with van der Waals surface area (Å²) in [4.78, 5) is 30.4. The molecular weight excluding hydrogens is 416 g/mol. The van der Waals surface area contributed by atoms with Crippen LogP contribution < -0.4 is 5.32 Å². The number of likely N-dealkylation sites (N-methyl/N-ethyl adjacent to an activating group) is 1. The Hall–Kier alpha value is -2.34. The minimum atomic E-state index is -3.80. The quantitative estimate of drug-likeness (QED) is 0.726. The van der Waals surface area contributed by atoms with Gasteiger partial charge in [-0.25, -0.2) is 13.4 Å². The molecule has 29 heavy (non-hydrogen) atoms. The summed E-state index contributed by atoms with van der Waals surface area (Å²) in [5.41, 5.74) is 0.941. The number of morpholine rings is 1. The summed E-state index contributed by atoms with van der Waals surface area (Å²) in [5.74, 6) is -0.560. The third kappa shape index (κ3) is 4.99. The van der Waals surface area contributed by atoms with Crippen LogP contribution in [-0.4, -0.2) is 74.3 Å². The summed E-state index contributed by atoms with van der Waals surface area (Å²) in [6, 6.07) is 4.94. The molecule has 0 radical (unpaired) electrons. The van der Waals surface area contributed by atoms with Gasteiger partial charge in [0.2, 0.25) is 15.9 Å². The van der Waals surface area contributed by atoms with Crippen molar-refractivity contribution in [1.29, 1.82) is 0 Å². The van der Waals surface area contributed by atoms with Gasteiger partial charge in [-0.1, -0.05) is 0 Å². The molecule has 2 amide bonds. The Bertz CT molecular complexity index is 999. The standard InChI is InChI=1S/C18H22N4O5S2/c1-13-3-5-19-15(11-13)20-16(23)12-21(2)18(24)17-14(4-10-28-17)29(25,26)22-6-8-27-9-7-22/h3-5,10-11H,6-9,12H2,1-2H3,(H,19,20,23). The normalized spacial score (nSPS) is 15.1. The number of pyridine rings is 1. The maximum atomic E-state index is 12.9. The van der Waals surface area contributed by atoms with Crippen LogP contribution in [0.2, 0.25) is 0 Å². The van der Waals surface area contributed by atoms with Gasteiger partial charge in [-0.15, -0.1) is 11.3 Å². The van der Waals surface area contributed by atoms with Gasteiger partial charge in [0, 0.05) is 26.3 Å². The summed E-state index contributed by atoms with van der Waals surface area (Å²) in [6.45, 7) is 2.77. The van der Waals surface area contributed by atoms with Crippen molar-refractivity contribution in [1.82, 2.24) is 14.2 Å². The van der Waals surface area contributed by atoms with Crippen LogP contribution >= 0.6 is 11.3 Å². The molecule has 1 N–H and O–H groups in total. The number of hydrogen-bond acceptors (Lipinski definition) is 7. The number of thiophene rings is 1. The van der Waals surface area contributed by atoms with E-state index in [1.54, 1.807) is 23.7 Å². The van der Waals surface area contributed by atoms with Gasteiger partial charge < -0.3 is 15.0 Å². The molecule has 0 spiro atoms. The average molecular weight is 439 g/mol. The summed E-state index contributed by atoms with van der Waals surface area (Å²) >= 11 is 1.04. The van der Waals surface area contributed by atoms with E-state index in [1.807, 2.05) is 6.92 Å². The van der Waals surface area contributed by atoms with Gasteiger partial charge in [0.25, 0.3) is 5.91 Å². The van der Waals surface area contributed by atoms with E-state index < -0.39 is 21.8 Å². The first-order chi connectivity index (χ1) is 13.8. The molecule has 1 aliphatic heterocycles. The van der Waals surface area contributed by atoms with E-state index in [9.17, 15) is 18.0 Å². The zero-order valence-corrected chi connectivity index (χ0v) is 17.8. The van der Waals surface area contributed by atoms with E-state index in [-0.39, 0.29) is 29.4 Å². The number of rotatable bonds is 6. The van der Waals surface area contributed by atoms with Crippen molar-refractivity contribution in [3.05, 3.63) is 40.2 Å². The van der Waals surface area contributed by atoms with E-state index in [0.717, 1.165) is 16.9 Å². The Balaban J connectivity index is 1.70. The lowest BCUT2D eigenvalue weighted by Crippen LogP contribution is -2.41. The Morgan fingerprint density at radius 2 is 2.03 bits per heavy atom. The number of aromatic nitrogens is 1. The number of carbonyl (C=O) groups is 2. The number of sulfonamides is 1. The third-order valence-corrected chi connectivity index (χ3v) is 7.29. The smallest absolute Gasteiger partial charge is 0.265 e. The minimum Gasteiger partial charge on any atom is -0.379 e. The van der Waals surface area contributed by atoms with E-state index in [1.165, 1.54) is 22.3 Å². The molecule has 0 saturated carbocycles. The second-order valence-corrected chi connectivity index (χ2v) is 9.38. The molecule has 0 aromatic carbocycles. The Morgan fingerprint density at radius 1 is 1.31 bits per heavy atom. The topological polar surface area (TPSA) is 109 Å². The highest BCUT2D eigenvalue weighted by Crippen LogP contribution is 2.27. The largest absolute Gasteiger partial charge is 0.379 e. The highest BCUT2D eigenvalue weighted by Gasteiger charge is 2.32. The SMILES string of the molecule is Cc1ccnc(NC(=O)CN(C)C(=O)c2sccc2S(=O)(=O)N2CCOCC2)c1. The van der Waals surface area contributed by atoms with Crippen molar-refractivity contribution in [2.24, 2.45) is 0 Å². The fourth-order valence-corrected chi connectivity index (χ4v) is 5.63. The van der Waals surface area contributed by atoms with Gasteiger partial charge in [0.15, 0.2) is 0 Å². The molecule has 156 valence electrons. The molecule has 2 aromatic heterocycles. The number of amides is 2. The van der Waals surface area contributed by atoms with E-state index in [2.05, 4.69) is 10.3 Å². The Labute approximate surface area is 173 Å². The second-order valence-electron chi connectivity index (χ2n) is 6.56. The molecule has 1 aliphatic rings. The van der Waals surface area contributed by atoms with Crippen LogP contribution in [0, 0.1) is 6.92 Å². The predicted molar refractivity (Wildman–Crippen MR) is 108 cm³/mol. The van der Waals surface area contributed by atoms with Crippen molar-refractivity contribution < 1.29 is 22.7 Å².